The van der Waals surface area contributed by atoms with Crippen LogP contribution >= 0.6 is 0 Å². The minimum atomic E-state index is -4.05. The Morgan fingerprint density at radius 2 is 0.471 bits per heavy atom. The van der Waals surface area contributed by atoms with Crippen molar-refractivity contribution in [3.63, 3.8) is 0 Å². The van der Waals surface area contributed by atoms with Gasteiger partial charge in [-0.05, 0) is 0 Å². The van der Waals surface area contributed by atoms with Crippen molar-refractivity contribution in [2.24, 2.45) is 0 Å². The van der Waals surface area contributed by atoms with Crippen molar-refractivity contribution in [1.82, 2.24) is 0 Å². The maximum absolute atomic E-state index is 4.05. The Hall–Kier alpha value is 0.623. The van der Waals surface area contributed by atoms with E-state index in [4.69, 9.17) is 0 Å². The molecule has 0 aromatic rings. The normalized spacial score (nSPS) is 22.1. The van der Waals surface area contributed by atoms with Crippen molar-refractivity contribution in [2.45, 2.75) is 95.5 Å². The zero-order valence-corrected chi connectivity index (χ0v) is 17.3. The topological polar surface area (TPSA) is 0 Å². The molecule has 0 aromatic carbocycles. The van der Waals surface area contributed by atoms with E-state index in [0.717, 1.165) is 0 Å². The second kappa shape index (κ2) is 3.03. The average Bonchev–Trinajstić information content (AvgIpc) is 2.48. The fourth-order valence-corrected chi connectivity index (χ4v) is 51.4. The second-order valence-electron chi connectivity index (χ2n) is 13.9. The van der Waals surface area contributed by atoms with Crippen LogP contribution in [0.4, 0.5) is 0 Å². The fraction of sp³-hybridized carbons (Fsp3) is 1.00. The summed E-state index contributed by atoms with van der Waals surface area (Å²) in [6, 6.07) is 0. The summed E-state index contributed by atoms with van der Waals surface area (Å²) in [5, 5.41) is 11.9. The molecule has 0 amide bonds. The SMILES string of the molecule is C[CH2][Zn-6]([CH2]C)([CH2]C)([CH2]C)([CH2]C)([CH2]C)([CH2]C)[CH2]C. The van der Waals surface area contributed by atoms with E-state index < -0.39 is 10.1 Å². The Morgan fingerprint density at radius 3 is 0.471 bits per heavy atom. The molecule has 17 heavy (non-hydrogen) atoms. The molecular formula is C16H40Zn-6. The minimum absolute atomic E-state index is 1.48. The Labute approximate surface area is 105 Å². The molecule has 112 valence electrons. The number of hydrogen-bond donors (Lipinski definition) is 0. The molecule has 0 atom stereocenters. The zero-order valence-electron chi connectivity index (χ0n) is 14.4. The first-order valence-electron chi connectivity index (χ1n) is 9.66. The molecule has 1 heteroatoms. The van der Waals surface area contributed by atoms with Gasteiger partial charge in [0.05, 0.1) is 0 Å². The van der Waals surface area contributed by atoms with Crippen LogP contribution in [-0.2, 0) is 10.1 Å². The van der Waals surface area contributed by atoms with E-state index in [2.05, 4.69) is 55.4 Å². The standard InChI is InChI=1S/8C2H5.Zn/c8*1-2;/h8*1H2,2H3;/q;;;;;;;;-6. The molecule has 0 radical (unpaired) electrons. The fourth-order valence-electron chi connectivity index (χ4n) is 9.90. The summed E-state index contributed by atoms with van der Waals surface area (Å²) >= 11 is 0. The predicted octanol–water partition coefficient (Wildman–Crippen LogP) is 7.79. The molecule has 0 aliphatic heterocycles. The molecule has 0 unspecified atom stereocenters. The van der Waals surface area contributed by atoms with Crippen LogP contribution in [0.25, 0.3) is 0 Å². The van der Waals surface area contributed by atoms with E-state index in [1.54, 1.807) is 0 Å². The molecule has 0 saturated carbocycles. The molecule has 0 heterocycles. The molecule has 0 spiro atoms. The van der Waals surface area contributed by atoms with Crippen LogP contribution in [0.1, 0.15) is 55.4 Å². The van der Waals surface area contributed by atoms with Crippen LogP contribution in [0.3, 0.4) is 0 Å². The van der Waals surface area contributed by atoms with Gasteiger partial charge in [0.25, 0.3) is 0 Å². The third kappa shape index (κ3) is 1.11. The van der Waals surface area contributed by atoms with Crippen molar-refractivity contribution in [3.05, 3.63) is 0 Å². The van der Waals surface area contributed by atoms with Gasteiger partial charge < -0.3 is 0 Å². The van der Waals surface area contributed by atoms with Crippen molar-refractivity contribution in [1.29, 1.82) is 0 Å². The van der Waals surface area contributed by atoms with Crippen LogP contribution in [-0.4, -0.2) is 0 Å². The second-order valence-corrected chi connectivity index (χ2v) is 72.2. The molecule has 0 aliphatic carbocycles. The monoisotopic (exact) mass is 296 g/mol. The van der Waals surface area contributed by atoms with Crippen LogP contribution in [0.15, 0.2) is 0 Å². The molecule has 0 rings (SSSR count). The van der Waals surface area contributed by atoms with Crippen LogP contribution in [0, 0.1) is 0 Å². The molecule has 0 N–H and O–H groups in total. The van der Waals surface area contributed by atoms with E-state index in [1.807, 2.05) is 0 Å². The first kappa shape index (κ1) is 17.6. The van der Waals surface area contributed by atoms with Gasteiger partial charge in [-0.15, -0.1) is 0 Å². The number of rotatable bonds is 8. The predicted molar refractivity (Wildman–Crippen MR) is 83.8 cm³/mol. The third-order valence-corrected chi connectivity index (χ3v) is 103. The van der Waals surface area contributed by atoms with Gasteiger partial charge >= 0.3 is 106 Å². The summed E-state index contributed by atoms with van der Waals surface area (Å²) in [6.45, 7) is 20.4. The van der Waals surface area contributed by atoms with E-state index in [1.165, 1.54) is 40.1 Å². The van der Waals surface area contributed by atoms with Gasteiger partial charge in [-0.2, -0.15) is 0 Å². The van der Waals surface area contributed by atoms with Crippen LogP contribution < -0.4 is 0 Å². The summed E-state index contributed by atoms with van der Waals surface area (Å²) in [6.07, 6.45) is 0. The summed E-state index contributed by atoms with van der Waals surface area (Å²) in [5.41, 5.74) is 0. The van der Waals surface area contributed by atoms with E-state index in [-0.39, 0.29) is 0 Å². The molecule has 0 aliphatic rings. The van der Waals surface area contributed by atoms with Gasteiger partial charge in [-0.25, -0.2) is 0 Å². The molecule has 0 nitrogen and oxygen atoms in total. The first-order valence-corrected chi connectivity index (χ1v) is 26.4. The molecule has 0 saturated heterocycles. The van der Waals surface area contributed by atoms with Gasteiger partial charge in [0, 0.05) is 0 Å². The third-order valence-electron chi connectivity index (χ3n) is 19.8. The van der Waals surface area contributed by atoms with Gasteiger partial charge in [0.1, 0.15) is 0 Å². The van der Waals surface area contributed by atoms with E-state index >= 15 is 0 Å². The zero-order chi connectivity index (χ0) is 14.0. The van der Waals surface area contributed by atoms with Crippen molar-refractivity contribution in [3.8, 4) is 0 Å². The molecule has 0 aromatic heterocycles. The summed E-state index contributed by atoms with van der Waals surface area (Å²) < 4.78 is 0. The van der Waals surface area contributed by atoms with Crippen molar-refractivity contribution in [2.75, 3.05) is 0 Å². The number of hydrogen-bond acceptors (Lipinski definition) is 0. The maximum atomic E-state index is 2.55. The van der Waals surface area contributed by atoms with E-state index in [9.17, 15) is 0 Å². The van der Waals surface area contributed by atoms with E-state index in [0.29, 0.717) is 0 Å². The molecule has 0 fully saturated rings. The van der Waals surface area contributed by atoms with Crippen LogP contribution in [0.2, 0.25) is 40.1 Å². The summed E-state index contributed by atoms with van der Waals surface area (Å²) in [4.78, 5) is 0. The van der Waals surface area contributed by atoms with Crippen molar-refractivity contribution < 1.29 is 10.1 Å². The van der Waals surface area contributed by atoms with Crippen LogP contribution in [0.5, 0.6) is 0 Å². The average molecular weight is 298 g/mol. The van der Waals surface area contributed by atoms with Gasteiger partial charge in [-0.1, -0.05) is 0 Å². The van der Waals surface area contributed by atoms with Crippen molar-refractivity contribution >= 4 is 0 Å². The molecular weight excluding hydrogens is 258 g/mol. The Morgan fingerprint density at radius 1 is 0.353 bits per heavy atom. The van der Waals surface area contributed by atoms with Gasteiger partial charge in [0.2, 0.25) is 0 Å². The van der Waals surface area contributed by atoms with Gasteiger partial charge in [-0.3, -0.25) is 0 Å². The quantitative estimate of drug-likeness (QED) is 0.401. The Balaban J connectivity index is 7.21. The Bertz CT molecular complexity index is 219. The first-order chi connectivity index (χ1) is 7.66. The Kier molecular flexibility index (Phi) is 3.14. The van der Waals surface area contributed by atoms with Gasteiger partial charge in [0.15, 0.2) is 0 Å². The molecule has 0 bridgehead atoms. The summed E-state index contributed by atoms with van der Waals surface area (Å²) in [7, 11) is -4.05. The summed E-state index contributed by atoms with van der Waals surface area (Å²) in [5.74, 6) is 0.